The SMILES string of the molecule is Cc1cc(SOOO)c(O)cc1OS(=O)(=O)CCI. The summed E-state index contributed by atoms with van der Waals surface area (Å²) in [5.41, 5.74) is 0.485. The minimum Gasteiger partial charge on any atom is -0.507 e. The standard InChI is InChI=1S/C9H11IO7S2/c1-6-4-9(18-17-16-12)7(11)5-8(6)15-19(13,14)3-2-10/h4-5,11-12H,2-3H2,1H3. The summed E-state index contributed by atoms with van der Waals surface area (Å²) < 4.78 is 32.5. The Hall–Kier alpha value is -0.270. The topological polar surface area (TPSA) is 102 Å². The predicted molar refractivity (Wildman–Crippen MR) is 76.8 cm³/mol. The molecule has 0 aliphatic heterocycles. The van der Waals surface area contributed by atoms with E-state index in [2.05, 4.69) is 9.37 Å². The third-order valence-corrected chi connectivity index (χ3v) is 5.00. The van der Waals surface area contributed by atoms with Crippen LogP contribution >= 0.6 is 34.6 Å². The van der Waals surface area contributed by atoms with Gasteiger partial charge in [0.05, 0.1) is 22.7 Å². The number of rotatable bonds is 7. The minimum absolute atomic E-state index is 0.0385. The van der Waals surface area contributed by atoms with Crippen LogP contribution in [0.5, 0.6) is 11.5 Å². The summed E-state index contributed by atoms with van der Waals surface area (Å²) in [6, 6.07) is 2.59. The lowest BCUT2D eigenvalue weighted by Gasteiger charge is -2.10. The predicted octanol–water partition coefficient (Wildman–Crippen LogP) is 2.27. The van der Waals surface area contributed by atoms with Crippen LogP contribution in [-0.4, -0.2) is 29.0 Å². The average Bonchev–Trinajstić information content (AvgIpc) is 2.31. The van der Waals surface area contributed by atoms with Gasteiger partial charge in [-0.05, 0) is 18.6 Å². The Morgan fingerprint density at radius 1 is 1.42 bits per heavy atom. The van der Waals surface area contributed by atoms with Crippen LogP contribution in [0.3, 0.4) is 0 Å². The molecule has 19 heavy (non-hydrogen) atoms. The number of benzene rings is 1. The molecule has 0 atom stereocenters. The van der Waals surface area contributed by atoms with Crippen LogP contribution in [-0.2, 0) is 19.5 Å². The highest BCUT2D eigenvalue weighted by atomic mass is 127. The number of phenolic OH excluding ortho intramolecular Hbond substituents is 1. The van der Waals surface area contributed by atoms with Crippen molar-refractivity contribution in [1.82, 2.24) is 0 Å². The van der Waals surface area contributed by atoms with Gasteiger partial charge >= 0.3 is 10.1 Å². The summed E-state index contributed by atoms with van der Waals surface area (Å²) in [7, 11) is -3.68. The molecule has 0 fully saturated rings. The van der Waals surface area contributed by atoms with E-state index < -0.39 is 10.1 Å². The molecule has 0 spiro atoms. The summed E-state index contributed by atoms with van der Waals surface area (Å²) in [4.78, 5) is 0.241. The molecular weight excluding hydrogens is 411 g/mol. The Labute approximate surface area is 128 Å². The molecule has 1 aromatic carbocycles. The molecule has 1 aromatic rings. The van der Waals surface area contributed by atoms with Crippen LogP contribution in [0.15, 0.2) is 17.0 Å². The van der Waals surface area contributed by atoms with Gasteiger partial charge in [-0.25, -0.2) is 5.26 Å². The number of aryl methyl sites for hydroxylation is 1. The van der Waals surface area contributed by atoms with E-state index in [9.17, 15) is 13.5 Å². The molecule has 0 saturated carbocycles. The molecular formula is C9H11IO7S2. The first-order valence-corrected chi connectivity index (χ1v) is 8.70. The molecule has 0 heterocycles. The smallest absolute Gasteiger partial charge is 0.309 e. The van der Waals surface area contributed by atoms with E-state index in [4.69, 9.17) is 9.44 Å². The molecule has 0 unspecified atom stereocenters. The van der Waals surface area contributed by atoms with Gasteiger partial charge in [0.1, 0.15) is 11.5 Å². The highest BCUT2D eigenvalue weighted by Crippen LogP contribution is 2.35. The molecule has 7 nitrogen and oxygen atoms in total. The fourth-order valence-electron chi connectivity index (χ4n) is 1.13. The van der Waals surface area contributed by atoms with Gasteiger partial charge in [0.15, 0.2) is 0 Å². The van der Waals surface area contributed by atoms with Crippen LogP contribution in [0.4, 0.5) is 0 Å². The highest BCUT2D eigenvalue weighted by molar-refractivity contribution is 14.1. The fourth-order valence-corrected chi connectivity index (χ4v) is 3.95. The molecule has 1 rings (SSSR count). The van der Waals surface area contributed by atoms with Crippen molar-refractivity contribution in [3.8, 4) is 11.5 Å². The number of hydrogen-bond donors (Lipinski definition) is 2. The van der Waals surface area contributed by atoms with Crippen molar-refractivity contribution in [1.29, 1.82) is 0 Å². The summed E-state index contributed by atoms with van der Waals surface area (Å²) in [5.74, 6) is -0.338. The van der Waals surface area contributed by atoms with E-state index in [0.29, 0.717) is 22.0 Å². The molecule has 108 valence electrons. The Balaban J connectivity index is 2.96. The Bertz CT molecular complexity index is 532. The lowest BCUT2D eigenvalue weighted by Crippen LogP contribution is -2.15. The average molecular weight is 422 g/mol. The second-order valence-corrected chi connectivity index (χ2v) is 6.86. The largest absolute Gasteiger partial charge is 0.507 e. The summed E-state index contributed by atoms with van der Waals surface area (Å²) in [6.45, 7) is 1.61. The van der Waals surface area contributed by atoms with E-state index in [-0.39, 0.29) is 22.1 Å². The van der Waals surface area contributed by atoms with Crippen LogP contribution in [0.2, 0.25) is 0 Å². The summed E-state index contributed by atoms with van der Waals surface area (Å²) in [5, 5.41) is 21.1. The molecule has 0 aliphatic rings. The maximum atomic E-state index is 11.5. The van der Waals surface area contributed by atoms with Crippen molar-refractivity contribution in [2.45, 2.75) is 11.8 Å². The van der Waals surface area contributed by atoms with Gasteiger partial charge in [0.25, 0.3) is 0 Å². The number of hydrogen-bond acceptors (Lipinski definition) is 8. The fraction of sp³-hybridized carbons (Fsp3) is 0.333. The van der Waals surface area contributed by atoms with Gasteiger partial charge in [0.2, 0.25) is 0 Å². The zero-order valence-corrected chi connectivity index (χ0v) is 13.5. The first-order valence-electron chi connectivity index (χ1n) is 4.86. The van der Waals surface area contributed by atoms with Crippen molar-refractivity contribution in [2.75, 3.05) is 10.2 Å². The van der Waals surface area contributed by atoms with Crippen LogP contribution in [0, 0.1) is 6.92 Å². The van der Waals surface area contributed by atoms with E-state index in [1.54, 1.807) is 6.92 Å². The lowest BCUT2D eigenvalue weighted by atomic mass is 10.2. The van der Waals surface area contributed by atoms with Gasteiger partial charge < -0.3 is 9.29 Å². The van der Waals surface area contributed by atoms with Crippen molar-refractivity contribution >= 4 is 44.8 Å². The second-order valence-electron chi connectivity index (χ2n) is 3.35. The number of aromatic hydroxyl groups is 1. The van der Waals surface area contributed by atoms with Gasteiger partial charge in [0, 0.05) is 10.5 Å². The van der Waals surface area contributed by atoms with Crippen LogP contribution < -0.4 is 4.18 Å². The maximum absolute atomic E-state index is 11.5. The molecule has 0 amide bonds. The van der Waals surface area contributed by atoms with Crippen molar-refractivity contribution in [2.24, 2.45) is 0 Å². The lowest BCUT2D eigenvalue weighted by molar-refractivity contribution is -0.432. The first-order chi connectivity index (χ1) is 8.89. The number of halogens is 1. The zero-order valence-electron chi connectivity index (χ0n) is 9.70. The van der Waals surface area contributed by atoms with E-state index in [1.807, 2.05) is 22.6 Å². The Morgan fingerprint density at radius 3 is 2.68 bits per heavy atom. The highest BCUT2D eigenvalue weighted by Gasteiger charge is 2.16. The summed E-state index contributed by atoms with van der Waals surface area (Å²) >= 11 is 2.49. The van der Waals surface area contributed by atoms with E-state index in [1.165, 1.54) is 6.07 Å². The number of alkyl halides is 1. The third kappa shape index (κ3) is 5.31. The summed E-state index contributed by atoms with van der Waals surface area (Å²) in [6.07, 6.45) is 0. The molecule has 0 radical (unpaired) electrons. The second kappa shape index (κ2) is 7.50. The number of phenols is 1. The van der Waals surface area contributed by atoms with Crippen LogP contribution in [0.25, 0.3) is 0 Å². The van der Waals surface area contributed by atoms with Crippen LogP contribution in [0.1, 0.15) is 5.56 Å². The Kier molecular flexibility index (Phi) is 6.62. The van der Waals surface area contributed by atoms with Crippen molar-refractivity contribution in [3.63, 3.8) is 0 Å². The van der Waals surface area contributed by atoms with Crippen molar-refractivity contribution in [3.05, 3.63) is 17.7 Å². The molecule has 2 N–H and O–H groups in total. The zero-order chi connectivity index (χ0) is 14.5. The van der Waals surface area contributed by atoms with Gasteiger partial charge in [-0.1, -0.05) is 27.6 Å². The molecule has 0 bridgehead atoms. The molecule has 0 saturated heterocycles. The third-order valence-electron chi connectivity index (χ3n) is 1.95. The molecule has 0 aliphatic carbocycles. The monoisotopic (exact) mass is 422 g/mol. The van der Waals surface area contributed by atoms with Gasteiger partial charge in [-0.15, -0.1) is 4.33 Å². The Morgan fingerprint density at radius 2 is 2.11 bits per heavy atom. The molecule has 10 heteroatoms. The molecule has 0 aromatic heterocycles. The van der Waals surface area contributed by atoms with Gasteiger partial charge in [-0.3, -0.25) is 0 Å². The van der Waals surface area contributed by atoms with Crippen molar-refractivity contribution < 1.29 is 32.3 Å². The minimum atomic E-state index is -3.68. The van der Waals surface area contributed by atoms with E-state index >= 15 is 0 Å². The normalized spacial score (nSPS) is 11.5. The first kappa shape index (κ1) is 16.8. The van der Waals surface area contributed by atoms with E-state index in [0.717, 1.165) is 6.07 Å². The van der Waals surface area contributed by atoms with Gasteiger partial charge in [-0.2, -0.15) is 8.42 Å². The maximum Gasteiger partial charge on any atom is 0.309 e. The quantitative estimate of drug-likeness (QED) is 0.172.